The quantitative estimate of drug-likeness (QED) is 0.875. The number of nitrogens with zero attached hydrogens (tertiary/aromatic N) is 3. The Morgan fingerprint density at radius 1 is 1.33 bits per heavy atom. The van der Waals surface area contributed by atoms with Gasteiger partial charge in [-0.05, 0) is 44.5 Å². The maximum Gasteiger partial charge on any atom is 0.0641 e. The minimum Gasteiger partial charge on any atom is -0.310 e. The molecule has 0 aliphatic carbocycles. The molecule has 0 fully saturated rings. The van der Waals surface area contributed by atoms with E-state index in [1.807, 2.05) is 24.1 Å². The van der Waals surface area contributed by atoms with Gasteiger partial charge in [-0.3, -0.25) is 9.67 Å². The van der Waals surface area contributed by atoms with E-state index in [9.17, 15) is 0 Å². The Morgan fingerprint density at radius 3 is 2.67 bits per heavy atom. The molecule has 4 nitrogen and oxygen atoms in total. The monoisotopic (exact) mass is 244 g/mol. The van der Waals surface area contributed by atoms with Crippen molar-refractivity contribution in [3.63, 3.8) is 0 Å². The van der Waals surface area contributed by atoms with Gasteiger partial charge in [-0.15, -0.1) is 0 Å². The molecule has 0 spiro atoms. The normalized spacial score (nSPS) is 12.6. The number of aromatic nitrogens is 3. The molecule has 2 heterocycles. The van der Waals surface area contributed by atoms with E-state index in [0.29, 0.717) is 6.04 Å². The molecule has 96 valence electrons. The third-order valence-electron chi connectivity index (χ3n) is 3.13. The van der Waals surface area contributed by atoms with Crippen LogP contribution in [0.1, 0.15) is 29.8 Å². The zero-order chi connectivity index (χ0) is 13.0. The van der Waals surface area contributed by atoms with Crippen LogP contribution < -0.4 is 5.32 Å². The van der Waals surface area contributed by atoms with E-state index in [0.717, 1.165) is 18.7 Å². The van der Waals surface area contributed by atoms with Crippen LogP contribution >= 0.6 is 0 Å². The van der Waals surface area contributed by atoms with E-state index in [2.05, 4.69) is 47.6 Å². The summed E-state index contributed by atoms with van der Waals surface area (Å²) in [5.74, 6) is 0. The van der Waals surface area contributed by atoms with Crippen LogP contribution in [-0.4, -0.2) is 21.3 Å². The molecule has 1 atom stereocenters. The van der Waals surface area contributed by atoms with Gasteiger partial charge >= 0.3 is 0 Å². The Morgan fingerprint density at radius 2 is 2.06 bits per heavy atom. The van der Waals surface area contributed by atoms with Gasteiger partial charge in [0.1, 0.15) is 0 Å². The molecular formula is C14H20N4. The van der Waals surface area contributed by atoms with Gasteiger partial charge in [-0.25, -0.2) is 0 Å². The van der Waals surface area contributed by atoms with Gasteiger partial charge in [0.15, 0.2) is 0 Å². The lowest BCUT2D eigenvalue weighted by Gasteiger charge is -2.12. The van der Waals surface area contributed by atoms with Crippen molar-refractivity contribution in [2.45, 2.75) is 26.3 Å². The smallest absolute Gasteiger partial charge is 0.0641 e. The summed E-state index contributed by atoms with van der Waals surface area (Å²) in [6.07, 6.45) is 6.78. The molecule has 2 aromatic rings. The molecule has 1 unspecified atom stereocenters. The molecule has 0 aliphatic rings. The zero-order valence-electron chi connectivity index (χ0n) is 11.2. The summed E-state index contributed by atoms with van der Waals surface area (Å²) in [4.78, 5) is 4.02. The fraction of sp³-hybridized carbons (Fsp3) is 0.429. The molecule has 1 N–H and O–H groups in total. The summed E-state index contributed by atoms with van der Waals surface area (Å²) in [5, 5.41) is 7.89. The van der Waals surface area contributed by atoms with Gasteiger partial charge in [0, 0.05) is 37.2 Å². The predicted molar refractivity (Wildman–Crippen MR) is 72.3 cm³/mol. The molecule has 0 aromatic carbocycles. The second kappa shape index (κ2) is 5.78. The third kappa shape index (κ3) is 3.17. The van der Waals surface area contributed by atoms with Crippen molar-refractivity contribution in [2.75, 3.05) is 6.54 Å². The highest BCUT2D eigenvalue weighted by molar-refractivity contribution is 5.19. The highest BCUT2D eigenvalue weighted by Crippen LogP contribution is 2.15. The molecule has 0 saturated heterocycles. The van der Waals surface area contributed by atoms with Gasteiger partial charge < -0.3 is 5.32 Å². The van der Waals surface area contributed by atoms with Crippen LogP contribution in [0.4, 0.5) is 0 Å². The number of hydrogen-bond acceptors (Lipinski definition) is 3. The first-order valence-corrected chi connectivity index (χ1v) is 6.29. The molecular weight excluding hydrogens is 224 g/mol. The van der Waals surface area contributed by atoms with Crippen molar-refractivity contribution in [1.29, 1.82) is 0 Å². The molecule has 2 aromatic heterocycles. The average molecular weight is 244 g/mol. The highest BCUT2D eigenvalue weighted by Gasteiger charge is 2.10. The standard InChI is InChI=1S/C14H20N4/c1-11(14-10-18(3)17-12(14)2)16-9-6-13-4-7-15-8-5-13/h4-5,7-8,10-11,16H,6,9H2,1-3H3. The Balaban J connectivity index is 1.85. The molecule has 0 amide bonds. The summed E-state index contributed by atoms with van der Waals surface area (Å²) in [6, 6.07) is 4.45. The molecule has 0 radical (unpaired) electrons. The molecule has 18 heavy (non-hydrogen) atoms. The third-order valence-corrected chi connectivity index (χ3v) is 3.13. The van der Waals surface area contributed by atoms with Crippen LogP contribution in [-0.2, 0) is 13.5 Å². The first kappa shape index (κ1) is 12.8. The van der Waals surface area contributed by atoms with E-state index >= 15 is 0 Å². The van der Waals surface area contributed by atoms with Gasteiger partial charge in [-0.2, -0.15) is 5.10 Å². The van der Waals surface area contributed by atoms with Crippen LogP contribution in [0.25, 0.3) is 0 Å². The molecule has 4 heteroatoms. The van der Waals surface area contributed by atoms with E-state index in [1.54, 1.807) is 0 Å². The van der Waals surface area contributed by atoms with Gasteiger partial charge in [0.05, 0.1) is 5.69 Å². The Kier molecular flexibility index (Phi) is 4.10. The van der Waals surface area contributed by atoms with Gasteiger partial charge in [0.25, 0.3) is 0 Å². The van der Waals surface area contributed by atoms with Crippen LogP contribution in [0, 0.1) is 6.92 Å². The first-order chi connectivity index (χ1) is 8.66. The Hall–Kier alpha value is -1.68. The predicted octanol–water partition coefficient (Wildman–Crippen LogP) is 2.02. The lowest BCUT2D eigenvalue weighted by atomic mass is 10.1. The second-order valence-corrected chi connectivity index (χ2v) is 4.62. The van der Waals surface area contributed by atoms with E-state index in [4.69, 9.17) is 0 Å². The van der Waals surface area contributed by atoms with Crippen molar-refractivity contribution in [1.82, 2.24) is 20.1 Å². The van der Waals surface area contributed by atoms with Crippen molar-refractivity contribution in [3.8, 4) is 0 Å². The minimum absolute atomic E-state index is 0.334. The lowest BCUT2D eigenvalue weighted by Crippen LogP contribution is -2.21. The number of rotatable bonds is 5. The Bertz CT molecular complexity index is 490. The van der Waals surface area contributed by atoms with Crippen LogP contribution in [0.2, 0.25) is 0 Å². The largest absolute Gasteiger partial charge is 0.310 e. The van der Waals surface area contributed by atoms with E-state index in [1.165, 1.54) is 11.1 Å². The SMILES string of the molecule is Cc1nn(C)cc1C(C)NCCc1ccncc1. The average Bonchev–Trinajstić information content (AvgIpc) is 2.70. The topological polar surface area (TPSA) is 42.7 Å². The van der Waals surface area contributed by atoms with E-state index < -0.39 is 0 Å². The molecule has 0 bridgehead atoms. The van der Waals surface area contributed by atoms with Crippen molar-refractivity contribution < 1.29 is 0 Å². The highest BCUT2D eigenvalue weighted by atomic mass is 15.3. The van der Waals surface area contributed by atoms with Gasteiger partial charge in [-0.1, -0.05) is 0 Å². The maximum atomic E-state index is 4.37. The number of pyridine rings is 1. The van der Waals surface area contributed by atoms with Crippen LogP contribution in [0.3, 0.4) is 0 Å². The number of nitrogens with one attached hydrogen (secondary N) is 1. The van der Waals surface area contributed by atoms with Crippen molar-refractivity contribution >= 4 is 0 Å². The summed E-state index contributed by atoms with van der Waals surface area (Å²) in [7, 11) is 1.96. The van der Waals surface area contributed by atoms with Crippen LogP contribution in [0.15, 0.2) is 30.7 Å². The van der Waals surface area contributed by atoms with Crippen molar-refractivity contribution in [2.24, 2.45) is 7.05 Å². The maximum absolute atomic E-state index is 4.37. The molecule has 0 aliphatic heterocycles. The van der Waals surface area contributed by atoms with Crippen LogP contribution in [0.5, 0.6) is 0 Å². The van der Waals surface area contributed by atoms with Crippen molar-refractivity contribution in [3.05, 3.63) is 47.5 Å². The number of hydrogen-bond donors (Lipinski definition) is 1. The minimum atomic E-state index is 0.334. The fourth-order valence-electron chi connectivity index (χ4n) is 2.14. The summed E-state index contributed by atoms with van der Waals surface area (Å²) >= 11 is 0. The second-order valence-electron chi connectivity index (χ2n) is 4.62. The zero-order valence-corrected chi connectivity index (χ0v) is 11.2. The fourth-order valence-corrected chi connectivity index (χ4v) is 2.14. The first-order valence-electron chi connectivity index (χ1n) is 6.29. The summed E-state index contributed by atoms with van der Waals surface area (Å²) in [5.41, 5.74) is 3.68. The number of aryl methyl sites for hydroxylation is 2. The van der Waals surface area contributed by atoms with E-state index in [-0.39, 0.29) is 0 Å². The molecule has 0 saturated carbocycles. The van der Waals surface area contributed by atoms with Gasteiger partial charge in [0.2, 0.25) is 0 Å². The lowest BCUT2D eigenvalue weighted by molar-refractivity contribution is 0.574. The summed E-state index contributed by atoms with van der Waals surface area (Å²) < 4.78 is 1.87. The molecule has 2 rings (SSSR count). The Labute approximate surface area is 108 Å². The summed E-state index contributed by atoms with van der Waals surface area (Å²) in [6.45, 7) is 5.19.